The van der Waals surface area contributed by atoms with Crippen molar-refractivity contribution in [1.29, 1.82) is 5.41 Å². The van der Waals surface area contributed by atoms with E-state index in [9.17, 15) is 8.78 Å². The Balaban J connectivity index is 1.73. The molecule has 30 heavy (non-hydrogen) atoms. The summed E-state index contributed by atoms with van der Waals surface area (Å²) >= 11 is 0. The molecule has 1 aliphatic rings. The second kappa shape index (κ2) is 8.62. The maximum Gasteiger partial charge on any atom is 0.168 e. The van der Waals surface area contributed by atoms with E-state index in [1.54, 1.807) is 12.4 Å². The number of piperidine rings is 1. The Labute approximate surface area is 172 Å². The van der Waals surface area contributed by atoms with Gasteiger partial charge in [-0.05, 0) is 38.1 Å². The minimum Gasteiger partial charge on any atom is -0.493 e. The number of halogens is 2. The molecule has 1 aliphatic heterocycles. The standard InChI is InChI=1S/C22H23F2N5O/c1-30-21-17(7-15(23)8-20(21)24)19-12-29-22-18(19)6-13(10-28-22)14(9-25)11-27-16-2-4-26-5-3-16/h6-12,16,25-27H,2-5H2,1H3,(H,28,29)/b14-11+,25-9?. The summed E-state index contributed by atoms with van der Waals surface area (Å²) in [5.41, 5.74) is 2.86. The SMILES string of the molecule is COc1c(F)cc(F)cc1-c1c[nH]c2ncc(/C(C=N)=C/NC3CCNCC3)cc12. The van der Waals surface area contributed by atoms with Crippen molar-refractivity contribution in [2.24, 2.45) is 0 Å². The molecule has 0 aliphatic carbocycles. The summed E-state index contributed by atoms with van der Waals surface area (Å²) in [5, 5.41) is 15.2. The number of nitrogens with one attached hydrogen (secondary N) is 4. The largest absolute Gasteiger partial charge is 0.493 e. The Morgan fingerprint density at radius 2 is 2.03 bits per heavy atom. The van der Waals surface area contributed by atoms with Crippen molar-refractivity contribution in [1.82, 2.24) is 20.6 Å². The zero-order valence-electron chi connectivity index (χ0n) is 16.6. The van der Waals surface area contributed by atoms with Gasteiger partial charge in [0.15, 0.2) is 11.6 Å². The fourth-order valence-electron chi connectivity index (χ4n) is 3.76. The highest BCUT2D eigenvalue weighted by Crippen LogP contribution is 2.37. The molecule has 1 fully saturated rings. The van der Waals surface area contributed by atoms with Gasteiger partial charge in [0.25, 0.3) is 0 Å². The van der Waals surface area contributed by atoms with E-state index in [0.29, 0.717) is 33.8 Å². The van der Waals surface area contributed by atoms with E-state index in [-0.39, 0.29) is 5.75 Å². The van der Waals surface area contributed by atoms with E-state index in [1.165, 1.54) is 19.4 Å². The maximum atomic E-state index is 14.2. The number of methoxy groups -OCH3 is 1. The number of ether oxygens (including phenoxy) is 1. The van der Waals surface area contributed by atoms with Gasteiger partial charge in [-0.2, -0.15) is 0 Å². The molecule has 3 heterocycles. The Morgan fingerprint density at radius 1 is 1.23 bits per heavy atom. The number of rotatable bonds is 6. The maximum absolute atomic E-state index is 14.2. The minimum absolute atomic E-state index is 0.0295. The van der Waals surface area contributed by atoms with Crippen molar-refractivity contribution in [3.63, 3.8) is 0 Å². The molecule has 0 atom stereocenters. The van der Waals surface area contributed by atoms with Gasteiger partial charge in [-0.15, -0.1) is 0 Å². The average molecular weight is 411 g/mol. The average Bonchev–Trinajstić information content (AvgIpc) is 3.18. The van der Waals surface area contributed by atoms with Gasteiger partial charge in [0.2, 0.25) is 0 Å². The molecule has 3 aromatic rings. The van der Waals surface area contributed by atoms with Crippen molar-refractivity contribution in [3.8, 4) is 16.9 Å². The van der Waals surface area contributed by atoms with E-state index >= 15 is 0 Å². The fourth-order valence-corrected chi connectivity index (χ4v) is 3.76. The second-order valence-corrected chi connectivity index (χ2v) is 7.23. The van der Waals surface area contributed by atoms with Crippen LogP contribution < -0.4 is 15.4 Å². The zero-order valence-corrected chi connectivity index (χ0v) is 16.6. The normalized spacial score (nSPS) is 15.4. The van der Waals surface area contributed by atoms with Crippen LogP contribution in [-0.2, 0) is 0 Å². The molecule has 0 saturated carbocycles. The molecule has 2 aromatic heterocycles. The number of H-pyrrole nitrogens is 1. The molecule has 156 valence electrons. The van der Waals surface area contributed by atoms with Crippen molar-refractivity contribution < 1.29 is 13.5 Å². The number of nitrogens with zero attached hydrogens (tertiary/aromatic N) is 1. The van der Waals surface area contributed by atoms with E-state index < -0.39 is 11.6 Å². The predicted molar refractivity (Wildman–Crippen MR) is 114 cm³/mol. The number of benzene rings is 1. The summed E-state index contributed by atoms with van der Waals surface area (Å²) in [7, 11) is 1.35. The van der Waals surface area contributed by atoms with Gasteiger partial charge in [0.05, 0.1) is 7.11 Å². The van der Waals surface area contributed by atoms with Gasteiger partial charge < -0.3 is 25.8 Å². The molecule has 6 nitrogen and oxygen atoms in total. The molecule has 4 N–H and O–H groups in total. The summed E-state index contributed by atoms with van der Waals surface area (Å²) in [6.45, 7) is 1.94. The first-order valence-corrected chi connectivity index (χ1v) is 9.79. The van der Waals surface area contributed by atoms with Gasteiger partial charge in [-0.3, -0.25) is 0 Å². The van der Waals surface area contributed by atoms with Crippen LogP contribution in [-0.4, -0.2) is 42.4 Å². The highest BCUT2D eigenvalue weighted by atomic mass is 19.1. The van der Waals surface area contributed by atoms with Crippen molar-refractivity contribution in [2.45, 2.75) is 18.9 Å². The monoisotopic (exact) mass is 411 g/mol. The Hall–Kier alpha value is -3.26. The Bertz CT molecular complexity index is 1100. The molecular weight excluding hydrogens is 388 g/mol. The van der Waals surface area contributed by atoms with Crippen LogP contribution in [0.3, 0.4) is 0 Å². The van der Waals surface area contributed by atoms with Gasteiger partial charge in [0, 0.05) is 64.6 Å². The lowest BCUT2D eigenvalue weighted by Gasteiger charge is -2.23. The number of allylic oxidation sites excluding steroid dienone is 1. The summed E-state index contributed by atoms with van der Waals surface area (Å²) in [6.07, 6.45) is 8.47. The lowest BCUT2D eigenvalue weighted by molar-refractivity contribution is 0.386. The number of fused-ring (bicyclic) bond motifs is 1. The van der Waals surface area contributed by atoms with Crippen LogP contribution in [0.1, 0.15) is 18.4 Å². The van der Waals surface area contributed by atoms with Gasteiger partial charge in [-0.1, -0.05) is 0 Å². The van der Waals surface area contributed by atoms with Crippen LogP contribution in [0.5, 0.6) is 5.75 Å². The molecule has 0 radical (unpaired) electrons. The van der Waals surface area contributed by atoms with Crippen LogP contribution in [0.25, 0.3) is 27.7 Å². The van der Waals surface area contributed by atoms with Crippen molar-refractivity contribution >= 4 is 22.8 Å². The highest BCUT2D eigenvalue weighted by Gasteiger charge is 2.18. The summed E-state index contributed by atoms with van der Waals surface area (Å²) in [4.78, 5) is 7.46. The topological polar surface area (TPSA) is 85.8 Å². The molecule has 8 heteroatoms. The van der Waals surface area contributed by atoms with Crippen LogP contribution in [0.15, 0.2) is 36.8 Å². The molecular formula is C22H23F2N5O. The Morgan fingerprint density at radius 3 is 2.77 bits per heavy atom. The first-order chi connectivity index (χ1) is 14.6. The molecule has 0 unspecified atom stereocenters. The van der Waals surface area contributed by atoms with Crippen LogP contribution in [0.4, 0.5) is 8.78 Å². The van der Waals surface area contributed by atoms with Crippen LogP contribution >= 0.6 is 0 Å². The van der Waals surface area contributed by atoms with Gasteiger partial charge in [0.1, 0.15) is 11.5 Å². The van der Waals surface area contributed by atoms with Gasteiger partial charge in [-0.25, -0.2) is 13.8 Å². The first kappa shape index (κ1) is 20.0. The quantitative estimate of drug-likeness (QED) is 0.464. The Kier molecular flexibility index (Phi) is 5.76. The highest BCUT2D eigenvalue weighted by molar-refractivity contribution is 6.09. The summed E-state index contributed by atoms with van der Waals surface area (Å²) in [6, 6.07) is 4.25. The second-order valence-electron chi connectivity index (χ2n) is 7.23. The fraction of sp³-hybridized carbons (Fsp3) is 0.273. The minimum atomic E-state index is -0.766. The molecule has 1 saturated heterocycles. The van der Waals surface area contributed by atoms with Crippen molar-refractivity contribution in [3.05, 3.63) is 54.0 Å². The van der Waals surface area contributed by atoms with E-state index in [0.717, 1.165) is 37.6 Å². The lowest BCUT2D eigenvalue weighted by atomic mass is 10.0. The van der Waals surface area contributed by atoms with Crippen molar-refractivity contribution in [2.75, 3.05) is 20.2 Å². The number of hydrogen-bond donors (Lipinski definition) is 4. The predicted octanol–water partition coefficient (Wildman–Crippen LogP) is 3.85. The third-order valence-corrected chi connectivity index (χ3v) is 5.34. The number of pyridine rings is 1. The van der Waals surface area contributed by atoms with E-state index in [1.807, 2.05) is 12.3 Å². The lowest BCUT2D eigenvalue weighted by Crippen LogP contribution is -2.37. The van der Waals surface area contributed by atoms with Gasteiger partial charge >= 0.3 is 0 Å². The number of aromatic nitrogens is 2. The van der Waals surface area contributed by atoms with Crippen LogP contribution in [0, 0.1) is 17.0 Å². The molecule has 0 spiro atoms. The van der Waals surface area contributed by atoms with Crippen LogP contribution in [0.2, 0.25) is 0 Å². The molecule has 0 amide bonds. The molecule has 4 rings (SSSR count). The molecule has 0 bridgehead atoms. The third-order valence-electron chi connectivity index (χ3n) is 5.34. The zero-order chi connectivity index (χ0) is 21.1. The molecule has 1 aromatic carbocycles. The summed E-state index contributed by atoms with van der Waals surface area (Å²) in [5.74, 6) is -1.48. The third kappa shape index (κ3) is 3.91. The van der Waals surface area contributed by atoms with E-state index in [2.05, 4.69) is 20.6 Å². The van der Waals surface area contributed by atoms with E-state index in [4.69, 9.17) is 10.1 Å². The number of hydrogen-bond acceptors (Lipinski definition) is 5. The summed E-state index contributed by atoms with van der Waals surface area (Å²) < 4.78 is 33.3. The first-order valence-electron chi connectivity index (χ1n) is 9.79. The smallest absolute Gasteiger partial charge is 0.168 e. The number of aromatic amines is 1.